The van der Waals surface area contributed by atoms with Crippen molar-refractivity contribution in [1.29, 1.82) is 0 Å². The lowest BCUT2D eigenvalue weighted by Gasteiger charge is -1.94. The van der Waals surface area contributed by atoms with Gasteiger partial charge in [-0.2, -0.15) is 0 Å². The van der Waals surface area contributed by atoms with Crippen LogP contribution in [0.25, 0.3) is 10.1 Å². The molecule has 0 saturated carbocycles. The molecule has 0 radical (unpaired) electrons. The van der Waals surface area contributed by atoms with Crippen LogP contribution in [0.2, 0.25) is 4.34 Å². The molecule has 1 heterocycles. The monoisotopic (exact) mass is 275 g/mol. The quantitative estimate of drug-likeness (QED) is 0.617. The largest absolute Gasteiger partial charge is 0.399 e. The Hall–Kier alpha value is -0.250. The van der Waals surface area contributed by atoms with Gasteiger partial charge in [-0.25, -0.2) is 0 Å². The fraction of sp³-hybridized carbons (Fsp3) is 0.111. The van der Waals surface area contributed by atoms with E-state index in [1.54, 1.807) is 11.3 Å². The first-order valence-electron chi connectivity index (χ1n) is 3.74. The van der Waals surface area contributed by atoms with E-state index in [2.05, 4.69) is 15.9 Å². The van der Waals surface area contributed by atoms with Crippen molar-refractivity contribution >= 4 is 54.6 Å². The Morgan fingerprint density at radius 2 is 2.23 bits per heavy atom. The summed E-state index contributed by atoms with van der Waals surface area (Å²) in [4.78, 5) is 0. The maximum atomic E-state index is 6.07. The van der Waals surface area contributed by atoms with E-state index in [0.29, 0.717) is 0 Å². The molecule has 2 aromatic rings. The van der Waals surface area contributed by atoms with Crippen molar-refractivity contribution in [2.75, 3.05) is 5.73 Å². The van der Waals surface area contributed by atoms with Crippen LogP contribution in [0, 0.1) is 0 Å². The molecule has 0 aliphatic carbocycles. The number of nitrogen functional groups attached to an aromatic ring is 1. The van der Waals surface area contributed by atoms with Gasteiger partial charge in [0.15, 0.2) is 0 Å². The molecule has 1 aromatic carbocycles. The summed E-state index contributed by atoms with van der Waals surface area (Å²) in [6, 6.07) is 5.87. The highest BCUT2D eigenvalue weighted by atomic mass is 79.9. The second kappa shape index (κ2) is 3.48. The molecule has 13 heavy (non-hydrogen) atoms. The number of hydrogen-bond acceptors (Lipinski definition) is 2. The Kier molecular flexibility index (Phi) is 2.49. The summed E-state index contributed by atoms with van der Waals surface area (Å²) in [5.74, 6) is 0. The zero-order valence-electron chi connectivity index (χ0n) is 6.68. The fourth-order valence-electron chi connectivity index (χ4n) is 1.26. The maximum Gasteiger partial charge on any atom is 0.0981 e. The minimum absolute atomic E-state index is 0.784. The highest BCUT2D eigenvalue weighted by Gasteiger charge is 2.08. The van der Waals surface area contributed by atoms with E-state index >= 15 is 0 Å². The lowest BCUT2D eigenvalue weighted by atomic mass is 10.2. The Bertz CT molecular complexity index is 452. The van der Waals surface area contributed by atoms with Crippen LogP contribution >= 0.6 is 38.9 Å². The molecule has 0 atom stereocenters. The predicted octanol–water partition coefficient (Wildman–Crippen LogP) is 4.03. The van der Waals surface area contributed by atoms with Crippen LogP contribution in [0.3, 0.4) is 0 Å². The summed E-state index contributed by atoms with van der Waals surface area (Å²) in [6.07, 6.45) is 0. The summed E-state index contributed by atoms with van der Waals surface area (Å²) in [5.41, 5.74) is 7.61. The van der Waals surface area contributed by atoms with E-state index in [1.807, 2.05) is 18.2 Å². The van der Waals surface area contributed by atoms with Crippen molar-refractivity contribution in [2.45, 2.75) is 5.33 Å². The SMILES string of the molecule is Nc1ccc2c(CBr)c(Cl)sc2c1. The van der Waals surface area contributed by atoms with Gasteiger partial charge in [-0.3, -0.25) is 0 Å². The van der Waals surface area contributed by atoms with Crippen LogP contribution in [0.15, 0.2) is 18.2 Å². The van der Waals surface area contributed by atoms with Gasteiger partial charge in [0.05, 0.1) is 4.34 Å². The molecule has 4 heteroatoms. The summed E-state index contributed by atoms with van der Waals surface area (Å²) in [6.45, 7) is 0. The molecule has 2 rings (SSSR count). The molecular weight excluding hydrogens is 270 g/mol. The number of fused-ring (bicyclic) bond motifs is 1. The lowest BCUT2D eigenvalue weighted by molar-refractivity contribution is 1.54. The van der Waals surface area contributed by atoms with E-state index in [-0.39, 0.29) is 0 Å². The third-order valence-corrected chi connectivity index (χ3v) is 3.90. The van der Waals surface area contributed by atoms with Crippen LogP contribution in [0.4, 0.5) is 5.69 Å². The molecule has 0 fully saturated rings. The van der Waals surface area contributed by atoms with Crippen LogP contribution in [-0.2, 0) is 5.33 Å². The van der Waals surface area contributed by atoms with E-state index in [4.69, 9.17) is 17.3 Å². The van der Waals surface area contributed by atoms with E-state index in [0.717, 1.165) is 25.6 Å². The van der Waals surface area contributed by atoms with Crippen molar-refractivity contribution in [1.82, 2.24) is 0 Å². The number of rotatable bonds is 1. The second-order valence-corrected chi connectivity index (χ2v) is 4.96. The maximum absolute atomic E-state index is 6.07. The van der Waals surface area contributed by atoms with Gasteiger partial charge < -0.3 is 5.73 Å². The molecule has 0 saturated heterocycles. The van der Waals surface area contributed by atoms with Gasteiger partial charge in [0, 0.05) is 21.3 Å². The van der Waals surface area contributed by atoms with Crippen LogP contribution in [0.1, 0.15) is 5.56 Å². The standard InChI is InChI=1S/C9H7BrClNS/c10-4-7-6-2-1-5(12)3-8(6)13-9(7)11/h1-3H,4,12H2. The number of anilines is 1. The Morgan fingerprint density at radius 1 is 1.46 bits per heavy atom. The normalized spacial score (nSPS) is 10.9. The van der Waals surface area contributed by atoms with E-state index in [9.17, 15) is 0 Å². The van der Waals surface area contributed by atoms with E-state index < -0.39 is 0 Å². The molecule has 0 unspecified atom stereocenters. The number of nitrogens with two attached hydrogens (primary N) is 1. The Morgan fingerprint density at radius 3 is 2.92 bits per heavy atom. The smallest absolute Gasteiger partial charge is 0.0981 e. The van der Waals surface area contributed by atoms with Gasteiger partial charge in [0.1, 0.15) is 0 Å². The van der Waals surface area contributed by atoms with E-state index in [1.165, 1.54) is 5.39 Å². The van der Waals surface area contributed by atoms with Crippen LogP contribution in [0.5, 0.6) is 0 Å². The Labute approximate surface area is 93.6 Å². The summed E-state index contributed by atoms with van der Waals surface area (Å²) in [5, 5.41) is 1.98. The average Bonchev–Trinajstić information content (AvgIpc) is 2.39. The zero-order chi connectivity index (χ0) is 9.42. The third-order valence-electron chi connectivity index (χ3n) is 1.90. The molecule has 0 bridgehead atoms. The topological polar surface area (TPSA) is 26.0 Å². The summed E-state index contributed by atoms with van der Waals surface area (Å²) >= 11 is 11.1. The molecule has 1 nitrogen and oxygen atoms in total. The minimum Gasteiger partial charge on any atom is -0.399 e. The number of benzene rings is 1. The first-order chi connectivity index (χ1) is 6.22. The van der Waals surface area contributed by atoms with Crippen molar-refractivity contribution in [2.24, 2.45) is 0 Å². The molecule has 0 aliphatic heterocycles. The van der Waals surface area contributed by atoms with Gasteiger partial charge in [-0.1, -0.05) is 33.6 Å². The zero-order valence-corrected chi connectivity index (χ0v) is 9.84. The highest BCUT2D eigenvalue weighted by molar-refractivity contribution is 9.08. The van der Waals surface area contributed by atoms with Gasteiger partial charge in [-0.05, 0) is 17.5 Å². The average molecular weight is 277 g/mol. The second-order valence-electron chi connectivity index (χ2n) is 2.74. The van der Waals surface area contributed by atoms with Crippen LogP contribution < -0.4 is 5.73 Å². The number of hydrogen-bond donors (Lipinski definition) is 1. The molecule has 2 N–H and O–H groups in total. The van der Waals surface area contributed by atoms with Crippen molar-refractivity contribution in [3.63, 3.8) is 0 Å². The molecule has 1 aromatic heterocycles. The van der Waals surface area contributed by atoms with Gasteiger partial charge >= 0.3 is 0 Å². The van der Waals surface area contributed by atoms with Crippen molar-refractivity contribution in [3.8, 4) is 0 Å². The molecule has 0 spiro atoms. The number of alkyl halides is 1. The predicted molar refractivity (Wildman–Crippen MR) is 63.9 cm³/mol. The minimum atomic E-state index is 0.784. The van der Waals surface area contributed by atoms with Crippen molar-refractivity contribution < 1.29 is 0 Å². The molecule has 0 amide bonds. The molecule has 68 valence electrons. The summed E-state index contributed by atoms with van der Waals surface area (Å²) in [7, 11) is 0. The lowest BCUT2D eigenvalue weighted by Crippen LogP contribution is -1.82. The first-order valence-corrected chi connectivity index (χ1v) is 6.06. The fourth-order valence-corrected chi connectivity index (χ4v) is 3.60. The first kappa shape index (κ1) is 9.31. The Balaban J connectivity index is 2.79. The number of thiophene rings is 1. The third kappa shape index (κ3) is 1.56. The van der Waals surface area contributed by atoms with Crippen LogP contribution in [-0.4, -0.2) is 0 Å². The number of halogens is 2. The molecule has 0 aliphatic rings. The highest BCUT2D eigenvalue weighted by Crippen LogP contribution is 2.37. The van der Waals surface area contributed by atoms with Gasteiger partial charge in [0.25, 0.3) is 0 Å². The summed E-state index contributed by atoms with van der Waals surface area (Å²) < 4.78 is 2.00. The molecular formula is C9H7BrClNS. The van der Waals surface area contributed by atoms with Crippen molar-refractivity contribution in [3.05, 3.63) is 28.1 Å². The van der Waals surface area contributed by atoms with Gasteiger partial charge in [0.2, 0.25) is 0 Å². The van der Waals surface area contributed by atoms with Gasteiger partial charge in [-0.15, -0.1) is 11.3 Å².